The molecule has 0 saturated heterocycles. The molecule has 0 fully saturated rings. The molecule has 33 heavy (non-hydrogen) atoms. The van der Waals surface area contributed by atoms with Gasteiger partial charge in [0.05, 0.1) is 21.9 Å². The Kier molecular flexibility index (Phi) is 5.66. The van der Waals surface area contributed by atoms with E-state index in [4.69, 9.17) is 5.41 Å². The number of rotatable bonds is 5. The molecule has 0 bridgehead atoms. The largest absolute Gasteiger partial charge is 0.491 e. The lowest BCUT2D eigenvalue weighted by Gasteiger charge is -2.02. The minimum atomic E-state index is -4.41. The van der Waals surface area contributed by atoms with Gasteiger partial charge in [-0.1, -0.05) is 6.07 Å². The van der Waals surface area contributed by atoms with Crippen LogP contribution in [-0.2, 0) is 10.1 Å². The van der Waals surface area contributed by atoms with Gasteiger partial charge in [-0.25, -0.2) is 10.4 Å². The highest BCUT2D eigenvalue weighted by atomic mass is 32.2. The Balaban J connectivity index is 1.65. The molecular formula is C19H13N7O5S2. The van der Waals surface area contributed by atoms with Gasteiger partial charge in [-0.05, 0) is 42.8 Å². The quantitative estimate of drug-likeness (QED) is 0.186. The fourth-order valence-electron chi connectivity index (χ4n) is 2.93. The van der Waals surface area contributed by atoms with Crippen LogP contribution in [-0.4, -0.2) is 39.0 Å². The number of aryl methyl sites for hydroxylation is 1. The lowest BCUT2D eigenvalue weighted by Crippen LogP contribution is -2.05. The summed E-state index contributed by atoms with van der Waals surface area (Å²) in [6, 6.07) is 11.5. The fourth-order valence-corrected chi connectivity index (χ4v) is 5.25. The van der Waals surface area contributed by atoms with Crippen LogP contribution in [0.15, 0.2) is 61.3 Å². The Hall–Kier alpha value is -4.10. The summed E-state index contributed by atoms with van der Waals surface area (Å²) in [4.78, 5) is 25.4. The maximum atomic E-state index is 12.0. The zero-order valence-corrected chi connectivity index (χ0v) is 18.3. The third-order valence-corrected chi connectivity index (χ3v) is 6.68. The Morgan fingerprint density at radius 3 is 2.48 bits per heavy atom. The number of H-pyrrole nitrogens is 1. The number of hydrogen-bond donors (Lipinski definition) is 4. The van der Waals surface area contributed by atoms with Gasteiger partial charge in [0.25, 0.3) is 15.7 Å². The molecular weight excluding hydrogens is 470 g/mol. The molecule has 4 aromatic rings. The van der Waals surface area contributed by atoms with Crippen LogP contribution in [0.5, 0.6) is 5.88 Å². The van der Waals surface area contributed by atoms with Gasteiger partial charge in [-0.2, -0.15) is 18.5 Å². The molecule has 2 aromatic carbocycles. The van der Waals surface area contributed by atoms with E-state index in [1.807, 2.05) is 0 Å². The maximum Gasteiger partial charge on any atom is 0.296 e. The number of nitrogens with one attached hydrogen (secondary N) is 2. The molecule has 2 aromatic heterocycles. The van der Waals surface area contributed by atoms with Crippen molar-refractivity contribution >= 4 is 55.0 Å². The first-order valence-electron chi connectivity index (χ1n) is 9.03. The molecule has 0 amide bonds. The zero-order chi connectivity index (χ0) is 23.8. The number of thiazole rings is 1. The highest BCUT2D eigenvalue weighted by Gasteiger charge is 2.20. The molecule has 0 aliphatic heterocycles. The molecule has 14 heteroatoms. The van der Waals surface area contributed by atoms with Crippen LogP contribution >= 0.6 is 11.3 Å². The van der Waals surface area contributed by atoms with E-state index in [9.17, 15) is 22.9 Å². The topological polar surface area (TPSA) is 194 Å². The van der Waals surface area contributed by atoms with Crippen LogP contribution in [0.3, 0.4) is 0 Å². The van der Waals surface area contributed by atoms with Crippen LogP contribution in [0.1, 0.15) is 5.56 Å². The van der Waals surface area contributed by atoms with Crippen molar-refractivity contribution < 1.29 is 18.1 Å². The van der Waals surface area contributed by atoms with Crippen LogP contribution in [0.25, 0.3) is 20.8 Å². The second-order valence-electron chi connectivity index (χ2n) is 6.59. The molecule has 0 radical (unpaired) electrons. The highest BCUT2D eigenvalue weighted by molar-refractivity contribution is 7.86. The van der Waals surface area contributed by atoms with Crippen molar-refractivity contribution in [1.29, 1.82) is 5.41 Å². The monoisotopic (exact) mass is 483 g/mol. The second-order valence-corrected chi connectivity index (χ2v) is 8.94. The van der Waals surface area contributed by atoms with E-state index in [2.05, 4.69) is 30.2 Å². The minimum absolute atomic E-state index is 0.162. The number of benzene rings is 2. The fraction of sp³-hybridized carbons (Fsp3) is 0.0526. The van der Waals surface area contributed by atoms with Gasteiger partial charge in [-0.3, -0.25) is 14.3 Å². The third kappa shape index (κ3) is 4.44. The number of aromatic hydroxyl groups is 1. The van der Waals surface area contributed by atoms with Gasteiger partial charge >= 0.3 is 0 Å². The molecule has 12 nitrogen and oxygen atoms in total. The first-order chi connectivity index (χ1) is 15.7. The molecule has 4 rings (SSSR count). The molecule has 2 heterocycles. The molecule has 4 N–H and O–H groups in total. The lowest BCUT2D eigenvalue weighted by atomic mass is 10.2. The molecule has 0 aliphatic rings. The second kappa shape index (κ2) is 8.44. The average Bonchev–Trinajstić information content (AvgIpc) is 3.16. The lowest BCUT2D eigenvalue weighted by molar-refractivity contribution is 0.453. The van der Waals surface area contributed by atoms with Crippen molar-refractivity contribution in [2.75, 3.05) is 0 Å². The van der Waals surface area contributed by atoms with Crippen LogP contribution in [0, 0.1) is 12.3 Å². The maximum absolute atomic E-state index is 12.0. The van der Waals surface area contributed by atoms with Crippen molar-refractivity contribution in [1.82, 2.24) is 15.0 Å². The predicted molar refractivity (Wildman–Crippen MR) is 120 cm³/mol. The van der Waals surface area contributed by atoms with Crippen molar-refractivity contribution in [3.05, 3.63) is 52.3 Å². The SMILES string of the molecule is Cc1ccc2nc(-c3ccc(N=Nc4c(O)nc(N=C=N)[nH]c4=O)cc3)sc2c1S(=O)(=O)O. The first kappa shape index (κ1) is 22.1. The molecule has 0 unspecified atom stereocenters. The summed E-state index contributed by atoms with van der Waals surface area (Å²) in [5.41, 5.74) is 0.662. The summed E-state index contributed by atoms with van der Waals surface area (Å²) >= 11 is 1.12. The summed E-state index contributed by atoms with van der Waals surface area (Å²) in [6.07, 6.45) is 0. The van der Waals surface area contributed by atoms with Crippen molar-refractivity contribution in [3.63, 3.8) is 0 Å². The number of aromatic amines is 1. The van der Waals surface area contributed by atoms with Gasteiger partial charge in [0.15, 0.2) is 0 Å². The standard InChI is InChI=1S/C19H13N7O5S2/c1-9-2-7-12-14(15(9)33(29,30)31)32-18(22-12)10-3-5-11(6-4-10)25-26-13-16(27)23-19(21-8-20)24-17(13)28/h2-7,20H,1H3,(H,29,30,31)(H2,23,24,27,28). The van der Waals surface area contributed by atoms with Crippen LogP contribution in [0.2, 0.25) is 0 Å². The Bertz CT molecular complexity index is 1630. The van der Waals surface area contributed by atoms with Crippen LogP contribution in [0.4, 0.5) is 17.3 Å². The van der Waals surface area contributed by atoms with E-state index >= 15 is 0 Å². The third-order valence-electron chi connectivity index (χ3n) is 4.37. The van der Waals surface area contributed by atoms with E-state index in [0.29, 0.717) is 32.0 Å². The summed E-state index contributed by atoms with van der Waals surface area (Å²) in [5, 5.41) is 24.7. The van der Waals surface area contributed by atoms with Crippen molar-refractivity contribution in [2.45, 2.75) is 11.8 Å². The molecule has 0 spiro atoms. The van der Waals surface area contributed by atoms with E-state index in [-0.39, 0.29) is 10.8 Å². The smallest absolute Gasteiger partial charge is 0.296 e. The van der Waals surface area contributed by atoms with Gasteiger partial charge in [0, 0.05) is 5.56 Å². The summed E-state index contributed by atoms with van der Waals surface area (Å²) in [5.74, 6) is -0.994. The normalized spacial score (nSPS) is 11.7. The highest BCUT2D eigenvalue weighted by Crippen LogP contribution is 2.36. The van der Waals surface area contributed by atoms with Crippen LogP contribution < -0.4 is 5.56 Å². The number of hydrogen-bond acceptors (Lipinski definition) is 11. The first-order valence-corrected chi connectivity index (χ1v) is 11.3. The van der Waals surface area contributed by atoms with Gasteiger partial charge < -0.3 is 5.11 Å². The van der Waals surface area contributed by atoms with E-state index < -0.39 is 27.2 Å². The number of fused-ring (bicyclic) bond motifs is 1. The summed E-state index contributed by atoms with van der Waals surface area (Å²) in [6.45, 7) is 1.59. The molecule has 0 saturated carbocycles. The van der Waals surface area contributed by atoms with E-state index in [0.717, 1.165) is 11.3 Å². The number of azo groups is 1. The molecule has 0 aliphatic carbocycles. The Morgan fingerprint density at radius 2 is 1.85 bits per heavy atom. The molecule has 0 atom stereocenters. The van der Waals surface area contributed by atoms with E-state index in [1.165, 1.54) is 0 Å². The summed E-state index contributed by atoms with van der Waals surface area (Å²) < 4.78 is 33.5. The number of aliphatic imine (C=N–C) groups is 1. The molecule has 166 valence electrons. The van der Waals surface area contributed by atoms with Gasteiger partial charge in [0.1, 0.15) is 9.90 Å². The van der Waals surface area contributed by atoms with Crippen molar-refractivity contribution in [3.8, 4) is 16.5 Å². The Labute approximate surface area is 189 Å². The zero-order valence-electron chi connectivity index (χ0n) is 16.6. The Morgan fingerprint density at radius 1 is 1.12 bits per heavy atom. The average molecular weight is 483 g/mol. The number of aromatic nitrogens is 3. The van der Waals surface area contributed by atoms with Crippen molar-refractivity contribution in [2.24, 2.45) is 15.2 Å². The minimum Gasteiger partial charge on any atom is -0.491 e. The number of nitrogens with zero attached hydrogens (tertiary/aromatic N) is 5. The van der Waals surface area contributed by atoms with Gasteiger partial charge in [-0.15, -0.1) is 21.4 Å². The van der Waals surface area contributed by atoms with Gasteiger partial charge in [0.2, 0.25) is 17.5 Å². The predicted octanol–water partition coefficient (Wildman–Crippen LogP) is 4.11. The summed E-state index contributed by atoms with van der Waals surface area (Å²) in [7, 11) is -4.41. The van der Waals surface area contributed by atoms with E-state index in [1.54, 1.807) is 49.3 Å².